The zero-order valence-electron chi connectivity index (χ0n) is 11.7. The molecule has 1 aromatic rings. The number of hydrogen-bond donors (Lipinski definition) is 2. The number of nitrogens with one attached hydrogen (secondary N) is 1. The summed E-state index contributed by atoms with van der Waals surface area (Å²) < 4.78 is 2.03. The van der Waals surface area contributed by atoms with Gasteiger partial charge in [-0.05, 0) is 51.6 Å². The number of hydrogen-bond acceptors (Lipinski definition) is 3. The Morgan fingerprint density at radius 3 is 2.67 bits per heavy atom. The van der Waals surface area contributed by atoms with Crippen molar-refractivity contribution in [1.29, 1.82) is 0 Å². The van der Waals surface area contributed by atoms with Crippen LogP contribution in [0.25, 0.3) is 0 Å². The van der Waals surface area contributed by atoms with Crippen LogP contribution in [0.15, 0.2) is 6.07 Å². The van der Waals surface area contributed by atoms with E-state index in [2.05, 4.69) is 30.3 Å². The fraction of sp³-hybridized carbons (Fsp3) is 0.786. The minimum atomic E-state index is -0.181. The molecule has 1 fully saturated rings. The Bertz CT molecular complexity index is 398. The van der Waals surface area contributed by atoms with Crippen LogP contribution in [0.5, 0.6) is 0 Å². The minimum absolute atomic E-state index is 0.181. The molecule has 2 N–H and O–H groups in total. The summed E-state index contributed by atoms with van der Waals surface area (Å²) in [4.78, 5) is 0. The summed E-state index contributed by atoms with van der Waals surface area (Å²) in [6, 6.07) is 2.09. The Balaban J connectivity index is 2.15. The number of aliphatic hydroxyl groups is 1. The Morgan fingerprint density at radius 1 is 1.50 bits per heavy atom. The second-order valence-electron chi connectivity index (χ2n) is 5.60. The van der Waals surface area contributed by atoms with Gasteiger partial charge in [0.25, 0.3) is 0 Å². The van der Waals surface area contributed by atoms with E-state index in [1.165, 1.54) is 18.5 Å². The van der Waals surface area contributed by atoms with Crippen LogP contribution in [0.1, 0.15) is 37.6 Å². The first-order chi connectivity index (χ1) is 8.61. The molecule has 1 heterocycles. The number of rotatable bonds is 7. The first-order valence-corrected chi connectivity index (χ1v) is 6.98. The van der Waals surface area contributed by atoms with E-state index < -0.39 is 0 Å². The summed E-state index contributed by atoms with van der Waals surface area (Å²) in [5.74, 6) is 0.595. The van der Waals surface area contributed by atoms with Crippen molar-refractivity contribution in [2.24, 2.45) is 5.92 Å². The molecule has 4 nitrogen and oxygen atoms in total. The van der Waals surface area contributed by atoms with Crippen molar-refractivity contribution in [3.05, 3.63) is 17.5 Å². The normalized spacial score (nSPS) is 18.9. The molecule has 4 heteroatoms. The lowest BCUT2D eigenvalue weighted by atomic mass is 9.93. The topological polar surface area (TPSA) is 50.1 Å². The Morgan fingerprint density at radius 2 is 2.22 bits per heavy atom. The molecule has 0 radical (unpaired) electrons. The van der Waals surface area contributed by atoms with Gasteiger partial charge in [-0.15, -0.1) is 0 Å². The molecular weight excluding hydrogens is 226 g/mol. The highest BCUT2D eigenvalue weighted by atomic mass is 16.3. The standard InChI is InChI=1S/C14H25N3O/c1-4-7-15-14(10-18,13-5-6-13)9-17-12(3)8-11(2)16-17/h8,13,15,18H,4-7,9-10H2,1-3H3. The van der Waals surface area contributed by atoms with Gasteiger partial charge in [0.2, 0.25) is 0 Å². The molecule has 0 aromatic carbocycles. The van der Waals surface area contributed by atoms with E-state index in [4.69, 9.17) is 0 Å². The lowest BCUT2D eigenvalue weighted by Gasteiger charge is -2.34. The van der Waals surface area contributed by atoms with Gasteiger partial charge in [0.1, 0.15) is 0 Å². The largest absolute Gasteiger partial charge is 0.394 e. The summed E-state index contributed by atoms with van der Waals surface area (Å²) in [5, 5.41) is 18.0. The van der Waals surface area contributed by atoms with Crippen LogP contribution in [0, 0.1) is 19.8 Å². The van der Waals surface area contributed by atoms with Gasteiger partial charge in [0, 0.05) is 5.69 Å². The van der Waals surface area contributed by atoms with Crippen molar-refractivity contribution in [3.63, 3.8) is 0 Å². The van der Waals surface area contributed by atoms with Crippen LogP contribution in [-0.4, -0.2) is 33.6 Å². The SMILES string of the molecule is CCCNC(CO)(Cn1nc(C)cc1C)C1CC1. The van der Waals surface area contributed by atoms with E-state index >= 15 is 0 Å². The van der Waals surface area contributed by atoms with Crippen molar-refractivity contribution in [2.75, 3.05) is 13.2 Å². The van der Waals surface area contributed by atoms with E-state index in [-0.39, 0.29) is 12.1 Å². The van der Waals surface area contributed by atoms with Crippen LogP contribution in [0.4, 0.5) is 0 Å². The number of aromatic nitrogens is 2. The average molecular weight is 251 g/mol. The maximum atomic E-state index is 9.87. The van der Waals surface area contributed by atoms with Crippen LogP contribution in [0.3, 0.4) is 0 Å². The monoisotopic (exact) mass is 251 g/mol. The second kappa shape index (κ2) is 5.41. The molecule has 0 spiro atoms. The van der Waals surface area contributed by atoms with Gasteiger partial charge in [-0.2, -0.15) is 5.10 Å². The molecule has 0 aliphatic heterocycles. The van der Waals surface area contributed by atoms with Gasteiger partial charge in [-0.1, -0.05) is 6.92 Å². The van der Waals surface area contributed by atoms with Crippen molar-refractivity contribution >= 4 is 0 Å². The highest BCUT2D eigenvalue weighted by Crippen LogP contribution is 2.40. The van der Waals surface area contributed by atoms with E-state index in [1.807, 2.05) is 11.6 Å². The minimum Gasteiger partial charge on any atom is -0.394 e. The molecule has 1 aliphatic carbocycles. The van der Waals surface area contributed by atoms with Gasteiger partial charge in [0.15, 0.2) is 0 Å². The van der Waals surface area contributed by atoms with E-state index in [9.17, 15) is 5.11 Å². The van der Waals surface area contributed by atoms with Gasteiger partial charge >= 0.3 is 0 Å². The molecule has 1 unspecified atom stereocenters. The molecular formula is C14H25N3O. The molecule has 1 aliphatic rings. The molecule has 1 aromatic heterocycles. The van der Waals surface area contributed by atoms with E-state index in [0.717, 1.165) is 25.2 Å². The molecule has 2 rings (SSSR count). The number of aliphatic hydroxyl groups excluding tert-OH is 1. The Kier molecular flexibility index (Phi) is 4.07. The van der Waals surface area contributed by atoms with Crippen LogP contribution in [0.2, 0.25) is 0 Å². The van der Waals surface area contributed by atoms with E-state index in [0.29, 0.717) is 5.92 Å². The van der Waals surface area contributed by atoms with Gasteiger partial charge < -0.3 is 10.4 Å². The Labute approximate surface area is 109 Å². The van der Waals surface area contributed by atoms with Crippen LogP contribution >= 0.6 is 0 Å². The smallest absolute Gasteiger partial charge is 0.0641 e. The molecule has 18 heavy (non-hydrogen) atoms. The molecule has 0 amide bonds. The molecule has 0 bridgehead atoms. The molecule has 102 valence electrons. The van der Waals surface area contributed by atoms with Gasteiger partial charge in [-0.25, -0.2) is 0 Å². The first kappa shape index (κ1) is 13.6. The van der Waals surface area contributed by atoms with Crippen molar-refractivity contribution in [2.45, 2.75) is 52.1 Å². The van der Waals surface area contributed by atoms with E-state index in [1.54, 1.807) is 0 Å². The van der Waals surface area contributed by atoms with Crippen LogP contribution in [-0.2, 0) is 6.54 Å². The third kappa shape index (κ3) is 2.75. The lowest BCUT2D eigenvalue weighted by Crippen LogP contribution is -2.54. The zero-order chi connectivity index (χ0) is 13.2. The summed E-state index contributed by atoms with van der Waals surface area (Å²) in [5.41, 5.74) is 2.04. The average Bonchev–Trinajstić information content (AvgIpc) is 3.13. The fourth-order valence-corrected chi connectivity index (χ4v) is 2.68. The quantitative estimate of drug-likeness (QED) is 0.774. The zero-order valence-corrected chi connectivity index (χ0v) is 11.7. The number of aryl methyl sites for hydroxylation is 2. The van der Waals surface area contributed by atoms with Crippen molar-refractivity contribution in [1.82, 2.24) is 15.1 Å². The third-order valence-electron chi connectivity index (χ3n) is 3.90. The molecule has 1 atom stereocenters. The van der Waals surface area contributed by atoms with Crippen molar-refractivity contribution < 1.29 is 5.11 Å². The maximum absolute atomic E-state index is 9.87. The summed E-state index contributed by atoms with van der Waals surface area (Å²) in [6.07, 6.45) is 3.53. The number of nitrogens with zero attached hydrogens (tertiary/aromatic N) is 2. The predicted octanol–water partition coefficient (Wildman–Crippen LogP) is 1.64. The van der Waals surface area contributed by atoms with Gasteiger partial charge in [-0.3, -0.25) is 4.68 Å². The summed E-state index contributed by atoms with van der Waals surface area (Å²) >= 11 is 0. The first-order valence-electron chi connectivity index (χ1n) is 6.98. The highest BCUT2D eigenvalue weighted by molar-refractivity contribution is 5.09. The third-order valence-corrected chi connectivity index (χ3v) is 3.90. The second-order valence-corrected chi connectivity index (χ2v) is 5.60. The predicted molar refractivity (Wildman–Crippen MR) is 72.5 cm³/mol. The fourth-order valence-electron chi connectivity index (χ4n) is 2.68. The maximum Gasteiger partial charge on any atom is 0.0641 e. The Hall–Kier alpha value is -0.870. The summed E-state index contributed by atoms with van der Waals surface area (Å²) in [7, 11) is 0. The summed E-state index contributed by atoms with van der Waals surface area (Å²) in [6.45, 7) is 8.17. The molecule has 1 saturated carbocycles. The van der Waals surface area contributed by atoms with Crippen LogP contribution < -0.4 is 5.32 Å². The highest BCUT2D eigenvalue weighted by Gasteiger charge is 2.45. The van der Waals surface area contributed by atoms with Crippen molar-refractivity contribution in [3.8, 4) is 0 Å². The van der Waals surface area contributed by atoms with Gasteiger partial charge in [0.05, 0.1) is 24.4 Å². The molecule has 0 saturated heterocycles. The lowest BCUT2D eigenvalue weighted by molar-refractivity contribution is 0.117.